The zero-order valence-electron chi connectivity index (χ0n) is 14.8. The lowest BCUT2D eigenvalue weighted by Gasteiger charge is -2.32. The van der Waals surface area contributed by atoms with Crippen molar-refractivity contribution in [2.75, 3.05) is 18.1 Å². The lowest BCUT2D eigenvalue weighted by atomic mass is 9.99. The highest BCUT2D eigenvalue weighted by Crippen LogP contribution is 2.34. The molecule has 2 aliphatic rings. The molecule has 2 N–H and O–H groups in total. The van der Waals surface area contributed by atoms with Gasteiger partial charge in [0.1, 0.15) is 0 Å². The SMILES string of the molecule is Clc1ccccc1-c1n[nH]c2c1CN(C1CCSC1)CC2.O=C(O)C(F)(F)F. The minimum absolute atomic E-state index is 0.733. The van der Waals surface area contributed by atoms with E-state index in [-0.39, 0.29) is 0 Å². The van der Waals surface area contributed by atoms with E-state index in [1.54, 1.807) is 0 Å². The number of hydrogen-bond donors (Lipinski definition) is 2. The van der Waals surface area contributed by atoms with Crippen molar-refractivity contribution < 1.29 is 23.1 Å². The molecule has 0 aliphatic carbocycles. The van der Waals surface area contributed by atoms with Gasteiger partial charge in [0.05, 0.1) is 10.7 Å². The Labute approximate surface area is 169 Å². The predicted octanol–water partition coefficient (Wildman–Crippen LogP) is 4.23. The van der Waals surface area contributed by atoms with Crippen molar-refractivity contribution >= 4 is 29.3 Å². The molecule has 0 spiro atoms. The van der Waals surface area contributed by atoms with Gasteiger partial charge in [-0.15, -0.1) is 0 Å². The lowest BCUT2D eigenvalue weighted by molar-refractivity contribution is -0.192. The summed E-state index contributed by atoms with van der Waals surface area (Å²) in [6.07, 6.45) is -2.70. The quantitative estimate of drug-likeness (QED) is 0.741. The zero-order chi connectivity index (χ0) is 20.3. The van der Waals surface area contributed by atoms with Crippen LogP contribution in [0.25, 0.3) is 11.3 Å². The number of H-pyrrole nitrogens is 1. The van der Waals surface area contributed by atoms with Crippen molar-refractivity contribution in [3.63, 3.8) is 0 Å². The highest BCUT2D eigenvalue weighted by Gasteiger charge is 2.38. The van der Waals surface area contributed by atoms with Gasteiger partial charge in [0, 0.05) is 48.1 Å². The van der Waals surface area contributed by atoms with Gasteiger partial charge in [0.2, 0.25) is 0 Å². The molecule has 1 atom stereocenters. The number of nitrogens with zero attached hydrogens (tertiary/aromatic N) is 2. The van der Waals surface area contributed by atoms with Crippen LogP contribution in [0, 0.1) is 0 Å². The van der Waals surface area contributed by atoms with Crippen molar-refractivity contribution in [1.29, 1.82) is 0 Å². The molecule has 1 aromatic heterocycles. The maximum absolute atomic E-state index is 10.6. The normalized spacial score (nSPS) is 19.6. The molecule has 0 radical (unpaired) electrons. The van der Waals surface area contributed by atoms with Gasteiger partial charge in [-0.05, 0) is 18.2 Å². The number of aromatic nitrogens is 2. The number of benzene rings is 1. The third-order valence-corrected chi connectivity index (χ3v) is 6.23. The molecule has 1 aromatic carbocycles. The molecule has 0 amide bonds. The average Bonchev–Trinajstić information content (AvgIpc) is 3.31. The zero-order valence-corrected chi connectivity index (χ0v) is 16.4. The monoisotopic (exact) mass is 433 g/mol. The second-order valence-electron chi connectivity index (χ2n) is 6.55. The Morgan fingerprint density at radius 2 is 2.07 bits per heavy atom. The van der Waals surface area contributed by atoms with Gasteiger partial charge < -0.3 is 5.11 Å². The highest BCUT2D eigenvalue weighted by atomic mass is 35.5. The minimum atomic E-state index is -5.08. The van der Waals surface area contributed by atoms with Crippen LogP contribution in [0.1, 0.15) is 17.7 Å². The van der Waals surface area contributed by atoms with Gasteiger partial charge >= 0.3 is 12.1 Å². The summed E-state index contributed by atoms with van der Waals surface area (Å²) >= 11 is 8.43. The topological polar surface area (TPSA) is 69.2 Å². The largest absolute Gasteiger partial charge is 0.490 e. The smallest absolute Gasteiger partial charge is 0.475 e. The summed E-state index contributed by atoms with van der Waals surface area (Å²) in [4.78, 5) is 11.5. The van der Waals surface area contributed by atoms with Crippen molar-refractivity contribution in [2.24, 2.45) is 0 Å². The van der Waals surface area contributed by atoms with Crippen LogP contribution in [0.15, 0.2) is 24.3 Å². The van der Waals surface area contributed by atoms with E-state index in [1.807, 2.05) is 18.2 Å². The molecule has 1 saturated heterocycles. The average molecular weight is 434 g/mol. The second-order valence-corrected chi connectivity index (χ2v) is 8.11. The molecule has 1 fully saturated rings. The van der Waals surface area contributed by atoms with Crippen LogP contribution >= 0.6 is 23.4 Å². The maximum Gasteiger partial charge on any atom is 0.490 e. The van der Waals surface area contributed by atoms with Crippen LogP contribution in [0.5, 0.6) is 0 Å². The van der Waals surface area contributed by atoms with Gasteiger partial charge in [0.25, 0.3) is 0 Å². The summed E-state index contributed by atoms with van der Waals surface area (Å²) in [5.74, 6) is -0.182. The summed E-state index contributed by atoms with van der Waals surface area (Å²) in [6.45, 7) is 2.14. The number of fused-ring (bicyclic) bond motifs is 1. The Morgan fingerprint density at radius 1 is 1.36 bits per heavy atom. The molecule has 2 aliphatic heterocycles. The second kappa shape index (κ2) is 8.75. The Bertz CT molecular complexity index is 838. The summed E-state index contributed by atoms with van der Waals surface area (Å²) in [5, 5.41) is 15.7. The van der Waals surface area contributed by atoms with Crippen LogP contribution in [0.3, 0.4) is 0 Å². The van der Waals surface area contributed by atoms with E-state index < -0.39 is 12.1 Å². The number of hydrogen-bond acceptors (Lipinski definition) is 4. The lowest BCUT2D eigenvalue weighted by Crippen LogP contribution is -2.39. The number of aromatic amines is 1. The molecule has 28 heavy (non-hydrogen) atoms. The predicted molar refractivity (Wildman–Crippen MR) is 103 cm³/mol. The molecule has 0 bridgehead atoms. The number of halogens is 4. The molecule has 10 heteroatoms. The van der Waals surface area contributed by atoms with Crippen LogP contribution in [-0.2, 0) is 17.8 Å². The number of carboxylic acids is 1. The van der Waals surface area contributed by atoms with Crippen molar-refractivity contribution in [2.45, 2.75) is 31.6 Å². The van der Waals surface area contributed by atoms with Crippen LogP contribution < -0.4 is 0 Å². The van der Waals surface area contributed by atoms with E-state index in [0.717, 1.165) is 41.8 Å². The molecule has 0 saturated carbocycles. The summed E-state index contributed by atoms with van der Waals surface area (Å²) in [5.41, 5.74) is 4.70. The van der Waals surface area contributed by atoms with Crippen LogP contribution in [-0.4, -0.2) is 56.4 Å². The third-order valence-electron chi connectivity index (χ3n) is 4.76. The first-order chi connectivity index (χ1) is 13.3. The molecular weight excluding hydrogens is 415 g/mol. The van der Waals surface area contributed by atoms with E-state index in [2.05, 4.69) is 32.9 Å². The first kappa shape index (κ1) is 21.0. The fraction of sp³-hybridized carbons (Fsp3) is 0.444. The molecule has 1 unspecified atom stereocenters. The number of thioether (sulfide) groups is 1. The van der Waals surface area contributed by atoms with Gasteiger partial charge in [-0.25, -0.2) is 4.79 Å². The highest BCUT2D eigenvalue weighted by molar-refractivity contribution is 7.99. The Morgan fingerprint density at radius 3 is 2.68 bits per heavy atom. The minimum Gasteiger partial charge on any atom is -0.475 e. The van der Waals surface area contributed by atoms with Crippen LogP contribution in [0.4, 0.5) is 13.2 Å². The van der Waals surface area contributed by atoms with Gasteiger partial charge in [-0.1, -0.05) is 29.8 Å². The molecule has 2 aromatic rings. The fourth-order valence-corrected chi connectivity index (χ4v) is 4.79. The van der Waals surface area contributed by atoms with Gasteiger partial charge in [0.15, 0.2) is 0 Å². The van der Waals surface area contributed by atoms with E-state index in [0.29, 0.717) is 0 Å². The summed E-state index contributed by atoms with van der Waals surface area (Å²) < 4.78 is 31.7. The van der Waals surface area contributed by atoms with E-state index in [4.69, 9.17) is 21.5 Å². The number of carboxylic acid groups (broad SMARTS) is 1. The van der Waals surface area contributed by atoms with Gasteiger partial charge in [-0.2, -0.15) is 30.0 Å². The molecule has 152 valence electrons. The van der Waals surface area contributed by atoms with Crippen LogP contribution in [0.2, 0.25) is 5.02 Å². The molecular formula is C18H19ClF3N3O2S. The van der Waals surface area contributed by atoms with E-state index >= 15 is 0 Å². The molecule has 3 heterocycles. The Kier molecular flexibility index (Phi) is 6.57. The molecule has 4 rings (SSSR count). The third kappa shape index (κ3) is 4.82. The number of aliphatic carboxylic acids is 1. The number of rotatable bonds is 2. The molecule has 5 nitrogen and oxygen atoms in total. The fourth-order valence-electron chi connectivity index (χ4n) is 3.31. The van der Waals surface area contributed by atoms with E-state index in [1.165, 1.54) is 29.2 Å². The van der Waals surface area contributed by atoms with Crippen molar-refractivity contribution in [3.05, 3.63) is 40.5 Å². The van der Waals surface area contributed by atoms with Gasteiger partial charge in [-0.3, -0.25) is 10.00 Å². The maximum atomic E-state index is 10.6. The Balaban J connectivity index is 0.000000279. The van der Waals surface area contributed by atoms with Crippen molar-refractivity contribution in [1.82, 2.24) is 15.1 Å². The number of nitrogens with one attached hydrogen (secondary N) is 1. The first-order valence-corrected chi connectivity index (χ1v) is 10.2. The standard InChI is InChI=1S/C16H18ClN3S.C2HF3O2/c17-14-4-2-1-3-12(14)16-13-9-20(11-6-8-21-10-11)7-5-15(13)18-19-16;3-2(4,5)1(6)7/h1-4,11H,5-10H2,(H,18,19);(H,6,7). The summed E-state index contributed by atoms with van der Waals surface area (Å²) in [7, 11) is 0. The summed E-state index contributed by atoms with van der Waals surface area (Å²) in [6, 6.07) is 8.72. The van der Waals surface area contributed by atoms with E-state index in [9.17, 15) is 13.2 Å². The van der Waals surface area contributed by atoms with Crippen molar-refractivity contribution in [3.8, 4) is 11.3 Å². The first-order valence-electron chi connectivity index (χ1n) is 8.70. The Hall–Kier alpha value is -1.71. The number of alkyl halides is 3. The number of carbonyl (C=O) groups is 1.